The molecule has 0 bridgehead atoms. The molecule has 0 aromatic heterocycles. The molecular formula is C19H28O4Si. The molecule has 1 fully saturated rings. The Balaban J connectivity index is 1.76. The summed E-state index contributed by atoms with van der Waals surface area (Å²) in [5, 5.41) is 0.151. The first-order valence-corrected chi connectivity index (χ1v) is 11.5. The van der Waals surface area contributed by atoms with E-state index < -0.39 is 8.32 Å². The predicted molar refractivity (Wildman–Crippen MR) is 96.1 cm³/mol. The Labute approximate surface area is 145 Å². The summed E-state index contributed by atoms with van der Waals surface area (Å²) in [7, 11) is -1.90. The number of ether oxygens (including phenoxy) is 3. The highest BCUT2D eigenvalue weighted by Crippen LogP contribution is 2.40. The van der Waals surface area contributed by atoms with E-state index in [1.165, 1.54) is 0 Å². The lowest BCUT2D eigenvalue weighted by Crippen LogP contribution is -2.54. The highest BCUT2D eigenvalue weighted by Gasteiger charge is 2.45. The molecule has 24 heavy (non-hydrogen) atoms. The van der Waals surface area contributed by atoms with E-state index in [9.17, 15) is 0 Å². The third kappa shape index (κ3) is 3.59. The molecule has 0 N–H and O–H groups in total. The number of hydrogen-bond acceptors (Lipinski definition) is 4. The summed E-state index contributed by atoms with van der Waals surface area (Å²) in [5.74, 6) is 0. The molecule has 0 saturated carbocycles. The summed E-state index contributed by atoms with van der Waals surface area (Å²) in [5.41, 5.74) is 1.02. The summed E-state index contributed by atoms with van der Waals surface area (Å²) < 4.78 is 24.4. The van der Waals surface area contributed by atoms with E-state index >= 15 is 0 Å². The molecule has 1 aromatic rings. The van der Waals surface area contributed by atoms with Crippen molar-refractivity contribution >= 4 is 8.32 Å². The number of fused-ring (bicyclic) bond motifs is 1. The SMILES string of the molecule is CC(C)(C)[Si](C)(C)OC1C=COC2COC(c3ccccc3)OC12. The molecule has 1 saturated heterocycles. The Morgan fingerprint density at radius 2 is 1.83 bits per heavy atom. The fraction of sp³-hybridized carbons (Fsp3) is 0.579. The van der Waals surface area contributed by atoms with Crippen LogP contribution in [0.5, 0.6) is 0 Å². The third-order valence-corrected chi connectivity index (χ3v) is 9.69. The van der Waals surface area contributed by atoms with Gasteiger partial charge in [-0.1, -0.05) is 51.1 Å². The van der Waals surface area contributed by atoms with Crippen LogP contribution in [0.1, 0.15) is 32.6 Å². The van der Waals surface area contributed by atoms with Crippen LogP contribution in [0.4, 0.5) is 0 Å². The second-order valence-corrected chi connectivity index (χ2v) is 12.8. The molecule has 0 radical (unpaired) electrons. The van der Waals surface area contributed by atoms with Crippen molar-refractivity contribution in [1.29, 1.82) is 0 Å². The van der Waals surface area contributed by atoms with Crippen molar-refractivity contribution in [3.63, 3.8) is 0 Å². The van der Waals surface area contributed by atoms with E-state index in [1.807, 2.05) is 36.4 Å². The second kappa shape index (κ2) is 6.63. The van der Waals surface area contributed by atoms with Gasteiger partial charge in [-0.15, -0.1) is 0 Å². The summed E-state index contributed by atoms with van der Waals surface area (Å²) in [4.78, 5) is 0. The maximum absolute atomic E-state index is 6.59. The first kappa shape index (κ1) is 17.7. The fourth-order valence-corrected chi connectivity index (χ4v) is 3.94. The van der Waals surface area contributed by atoms with E-state index in [0.29, 0.717) is 6.61 Å². The maximum atomic E-state index is 6.59. The van der Waals surface area contributed by atoms with Crippen molar-refractivity contribution in [3.8, 4) is 0 Å². The average molecular weight is 349 g/mol. The van der Waals surface area contributed by atoms with Crippen LogP contribution in [-0.4, -0.2) is 33.2 Å². The van der Waals surface area contributed by atoms with Gasteiger partial charge in [0.25, 0.3) is 0 Å². The van der Waals surface area contributed by atoms with Gasteiger partial charge < -0.3 is 18.6 Å². The molecule has 2 aliphatic heterocycles. The lowest BCUT2D eigenvalue weighted by atomic mass is 10.0. The molecule has 1 aromatic carbocycles. The van der Waals surface area contributed by atoms with Crippen LogP contribution < -0.4 is 0 Å². The summed E-state index contributed by atoms with van der Waals surface area (Å²) >= 11 is 0. The van der Waals surface area contributed by atoms with Gasteiger partial charge >= 0.3 is 0 Å². The van der Waals surface area contributed by atoms with Crippen LogP contribution in [0.2, 0.25) is 18.1 Å². The molecule has 2 aliphatic rings. The van der Waals surface area contributed by atoms with Gasteiger partial charge in [-0.05, 0) is 24.2 Å². The average Bonchev–Trinajstić information content (AvgIpc) is 2.54. The summed E-state index contributed by atoms with van der Waals surface area (Å²) in [6.45, 7) is 11.8. The van der Waals surface area contributed by atoms with Crippen LogP contribution in [-0.2, 0) is 18.6 Å². The molecule has 132 valence electrons. The Morgan fingerprint density at radius 1 is 1.12 bits per heavy atom. The van der Waals surface area contributed by atoms with Gasteiger partial charge in [0, 0.05) is 5.56 Å². The van der Waals surface area contributed by atoms with Crippen LogP contribution in [0.25, 0.3) is 0 Å². The minimum absolute atomic E-state index is 0.0975. The summed E-state index contributed by atoms with van der Waals surface area (Å²) in [6.07, 6.45) is 2.98. The number of benzene rings is 1. The van der Waals surface area contributed by atoms with E-state index in [4.69, 9.17) is 18.6 Å². The second-order valence-electron chi connectivity index (χ2n) is 8.02. The topological polar surface area (TPSA) is 36.9 Å². The van der Waals surface area contributed by atoms with Crippen molar-refractivity contribution < 1.29 is 18.6 Å². The normalized spacial score (nSPS) is 30.5. The molecule has 5 heteroatoms. The Morgan fingerprint density at radius 3 is 2.50 bits per heavy atom. The first-order valence-electron chi connectivity index (χ1n) is 8.60. The zero-order valence-electron chi connectivity index (χ0n) is 15.2. The molecule has 4 unspecified atom stereocenters. The Hall–Kier alpha value is -1.14. The van der Waals surface area contributed by atoms with E-state index in [2.05, 4.69) is 33.9 Å². The van der Waals surface area contributed by atoms with Crippen LogP contribution in [0.3, 0.4) is 0 Å². The Bertz CT molecular complexity index is 579. The molecular weight excluding hydrogens is 320 g/mol. The maximum Gasteiger partial charge on any atom is 0.193 e. The van der Waals surface area contributed by atoms with Gasteiger partial charge in [-0.2, -0.15) is 0 Å². The molecule has 4 nitrogen and oxygen atoms in total. The van der Waals surface area contributed by atoms with E-state index in [0.717, 1.165) is 5.56 Å². The summed E-state index contributed by atoms with van der Waals surface area (Å²) in [6, 6.07) is 10.0. The van der Waals surface area contributed by atoms with Crippen molar-refractivity contribution in [3.05, 3.63) is 48.2 Å². The van der Waals surface area contributed by atoms with Crippen molar-refractivity contribution in [2.45, 2.75) is 63.5 Å². The molecule has 0 amide bonds. The van der Waals surface area contributed by atoms with Crippen LogP contribution in [0.15, 0.2) is 42.7 Å². The van der Waals surface area contributed by atoms with Gasteiger partial charge in [0.2, 0.25) is 0 Å². The lowest BCUT2D eigenvalue weighted by molar-refractivity contribution is -0.274. The number of hydrogen-bond donors (Lipinski definition) is 0. The van der Waals surface area contributed by atoms with Gasteiger partial charge in [-0.3, -0.25) is 0 Å². The molecule has 0 spiro atoms. The first-order chi connectivity index (χ1) is 11.3. The lowest BCUT2D eigenvalue weighted by Gasteiger charge is -2.45. The van der Waals surface area contributed by atoms with Crippen LogP contribution >= 0.6 is 0 Å². The van der Waals surface area contributed by atoms with Gasteiger partial charge in [0.05, 0.1) is 19.0 Å². The highest BCUT2D eigenvalue weighted by molar-refractivity contribution is 6.74. The number of rotatable bonds is 3. The zero-order valence-corrected chi connectivity index (χ0v) is 16.2. The monoisotopic (exact) mass is 348 g/mol. The van der Waals surface area contributed by atoms with Crippen molar-refractivity contribution in [1.82, 2.24) is 0 Å². The zero-order chi connectivity index (χ0) is 17.4. The third-order valence-electron chi connectivity index (χ3n) is 5.21. The van der Waals surface area contributed by atoms with Crippen molar-refractivity contribution in [2.75, 3.05) is 6.61 Å². The van der Waals surface area contributed by atoms with Gasteiger partial charge in [-0.25, -0.2) is 0 Å². The fourth-order valence-electron chi connectivity index (χ4n) is 2.69. The Kier molecular flexibility index (Phi) is 4.89. The minimum Gasteiger partial charge on any atom is -0.493 e. The quantitative estimate of drug-likeness (QED) is 0.759. The minimum atomic E-state index is -1.90. The molecule has 2 heterocycles. The largest absolute Gasteiger partial charge is 0.493 e. The standard InChI is InChI=1S/C19H28O4Si/c1-19(2,3)24(4,5)23-15-11-12-20-16-13-21-18(22-17(15)16)14-9-7-6-8-10-14/h6-12,15-18H,13H2,1-5H3. The van der Waals surface area contributed by atoms with Gasteiger partial charge in [0.15, 0.2) is 20.7 Å². The predicted octanol–water partition coefficient (Wildman–Crippen LogP) is 4.40. The van der Waals surface area contributed by atoms with E-state index in [1.54, 1.807) is 6.26 Å². The highest BCUT2D eigenvalue weighted by atomic mass is 28.4. The van der Waals surface area contributed by atoms with Crippen molar-refractivity contribution in [2.24, 2.45) is 0 Å². The van der Waals surface area contributed by atoms with Gasteiger partial charge in [0.1, 0.15) is 6.10 Å². The van der Waals surface area contributed by atoms with E-state index in [-0.39, 0.29) is 29.6 Å². The molecule has 4 atom stereocenters. The molecule has 0 aliphatic carbocycles. The molecule has 3 rings (SSSR count). The van der Waals surface area contributed by atoms with Crippen LogP contribution in [0, 0.1) is 0 Å². The smallest absolute Gasteiger partial charge is 0.193 e.